The van der Waals surface area contributed by atoms with E-state index in [-0.39, 0.29) is 10.6 Å². The van der Waals surface area contributed by atoms with Gasteiger partial charge in [0.1, 0.15) is 0 Å². The predicted molar refractivity (Wildman–Crippen MR) is 94.2 cm³/mol. The number of nitro benzene ring substituents is 1. The Bertz CT molecular complexity index is 705. The van der Waals surface area contributed by atoms with Crippen LogP contribution >= 0.6 is 12.0 Å². The number of nitrogens with zero attached hydrogens (tertiary/aromatic N) is 1. The summed E-state index contributed by atoms with van der Waals surface area (Å²) in [5.41, 5.74) is 4.32. The lowest BCUT2D eigenvalue weighted by atomic mass is 10.1. The number of hydrogen-bond donors (Lipinski definition) is 0. The van der Waals surface area contributed by atoms with Crippen LogP contribution in [0.25, 0.3) is 0 Å². The van der Waals surface area contributed by atoms with E-state index in [9.17, 15) is 10.1 Å². The lowest BCUT2D eigenvalue weighted by molar-refractivity contribution is -0.385. The van der Waals surface area contributed by atoms with Crippen LogP contribution in [0, 0.1) is 30.9 Å². The molecule has 0 fully saturated rings. The van der Waals surface area contributed by atoms with Crippen molar-refractivity contribution in [1.29, 1.82) is 0 Å². The van der Waals surface area contributed by atoms with Gasteiger partial charge in [0, 0.05) is 11.6 Å². The highest BCUT2D eigenvalue weighted by Gasteiger charge is 2.20. The molecule has 0 spiro atoms. The molecule has 0 heterocycles. The minimum atomic E-state index is -0.385. The highest BCUT2D eigenvalue weighted by atomic mass is 32.2. The first kappa shape index (κ1) is 17.3. The Morgan fingerprint density at radius 2 is 1.83 bits per heavy atom. The smallest absolute Gasteiger partial charge is 0.312 e. The quantitative estimate of drug-likeness (QED) is 0.395. The van der Waals surface area contributed by atoms with Crippen LogP contribution in [0.2, 0.25) is 0 Å². The van der Waals surface area contributed by atoms with Crippen LogP contribution in [0.3, 0.4) is 0 Å². The highest BCUT2D eigenvalue weighted by Crippen LogP contribution is 2.37. The van der Waals surface area contributed by atoms with E-state index in [1.807, 2.05) is 26.8 Å². The molecule has 23 heavy (non-hydrogen) atoms. The van der Waals surface area contributed by atoms with Crippen molar-refractivity contribution in [3.05, 3.63) is 62.7 Å². The van der Waals surface area contributed by atoms with Gasteiger partial charge in [0.2, 0.25) is 5.75 Å². The van der Waals surface area contributed by atoms with Crippen molar-refractivity contribution >= 4 is 17.7 Å². The fraction of sp³-hybridized carbons (Fsp3) is 0.333. The summed E-state index contributed by atoms with van der Waals surface area (Å²) in [5, 5.41) is 11.3. The minimum Gasteiger partial charge on any atom is -0.413 e. The van der Waals surface area contributed by atoms with Gasteiger partial charge in [-0.25, -0.2) is 0 Å². The number of benzene rings is 2. The van der Waals surface area contributed by atoms with Crippen molar-refractivity contribution < 1.29 is 9.11 Å². The van der Waals surface area contributed by atoms with Gasteiger partial charge < -0.3 is 4.18 Å². The summed E-state index contributed by atoms with van der Waals surface area (Å²) in [6.45, 7) is 8.15. The molecule has 0 aliphatic rings. The van der Waals surface area contributed by atoms with Crippen LogP contribution in [-0.2, 0) is 6.42 Å². The first-order chi connectivity index (χ1) is 10.9. The third kappa shape index (κ3) is 4.05. The van der Waals surface area contributed by atoms with Crippen molar-refractivity contribution in [2.45, 2.75) is 45.4 Å². The zero-order valence-electron chi connectivity index (χ0n) is 13.9. The summed E-state index contributed by atoms with van der Waals surface area (Å²) in [5.74, 6) is 0.365. The van der Waals surface area contributed by atoms with Crippen molar-refractivity contribution in [2.75, 3.05) is 0 Å². The van der Waals surface area contributed by atoms with Crippen LogP contribution in [0.4, 0.5) is 5.69 Å². The van der Waals surface area contributed by atoms with Crippen LogP contribution in [0.1, 0.15) is 35.6 Å². The molecule has 0 unspecified atom stereocenters. The summed E-state index contributed by atoms with van der Waals surface area (Å²) in [7, 11) is 0. The Labute approximate surface area is 141 Å². The molecule has 2 aromatic carbocycles. The fourth-order valence-electron chi connectivity index (χ4n) is 2.66. The summed E-state index contributed by atoms with van der Waals surface area (Å²) >= 11 is 1.20. The van der Waals surface area contributed by atoms with Gasteiger partial charge in [0.15, 0.2) is 0 Å². The Morgan fingerprint density at radius 3 is 2.39 bits per heavy atom. The number of nitro groups is 1. The summed E-state index contributed by atoms with van der Waals surface area (Å²) in [6.07, 6.45) is 1.66. The van der Waals surface area contributed by atoms with Gasteiger partial charge in [-0.3, -0.25) is 10.1 Å². The first-order valence-electron chi connectivity index (χ1n) is 7.62. The van der Waals surface area contributed by atoms with Crippen molar-refractivity contribution in [3.63, 3.8) is 0 Å². The first-order valence-corrected chi connectivity index (χ1v) is 8.36. The third-order valence-electron chi connectivity index (χ3n) is 3.60. The van der Waals surface area contributed by atoms with Gasteiger partial charge in [-0.15, -0.1) is 0 Å². The van der Waals surface area contributed by atoms with Gasteiger partial charge in [-0.2, -0.15) is 0 Å². The second-order valence-corrected chi connectivity index (χ2v) is 6.41. The molecule has 0 saturated carbocycles. The van der Waals surface area contributed by atoms with Crippen molar-refractivity contribution in [3.8, 4) is 5.75 Å². The molecular weight excluding hydrogens is 310 g/mol. The van der Waals surface area contributed by atoms with Gasteiger partial charge in [0.05, 0.1) is 21.9 Å². The summed E-state index contributed by atoms with van der Waals surface area (Å²) < 4.78 is 5.84. The topological polar surface area (TPSA) is 52.4 Å². The number of hydrogen-bond acceptors (Lipinski definition) is 4. The molecule has 0 aromatic heterocycles. The van der Waals surface area contributed by atoms with Crippen LogP contribution in [0.5, 0.6) is 5.75 Å². The Morgan fingerprint density at radius 1 is 1.17 bits per heavy atom. The normalized spacial score (nSPS) is 10.6. The molecule has 4 nitrogen and oxygen atoms in total. The van der Waals surface area contributed by atoms with E-state index >= 15 is 0 Å². The Balaban J connectivity index is 2.35. The third-order valence-corrected chi connectivity index (χ3v) is 4.67. The lowest BCUT2D eigenvalue weighted by Crippen LogP contribution is -1.98. The summed E-state index contributed by atoms with van der Waals surface area (Å²) in [6, 6.07) is 9.27. The Hall–Kier alpha value is -2.01. The maximum Gasteiger partial charge on any atom is 0.312 e. The number of para-hydroxylation sites is 1. The SMILES string of the molecule is CCCc1cccc([N+](=O)[O-])c1OSc1c(C)cc(C)cc1C. The number of rotatable bonds is 6. The molecule has 122 valence electrons. The van der Waals surface area contributed by atoms with Crippen molar-refractivity contribution in [2.24, 2.45) is 0 Å². The molecule has 0 radical (unpaired) electrons. The van der Waals surface area contributed by atoms with Crippen LogP contribution in [-0.4, -0.2) is 4.92 Å². The lowest BCUT2D eigenvalue weighted by Gasteiger charge is -2.13. The molecule has 2 aromatic rings. The van der Waals surface area contributed by atoms with E-state index in [0.717, 1.165) is 34.4 Å². The minimum absolute atomic E-state index is 0.0193. The van der Waals surface area contributed by atoms with E-state index < -0.39 is 0 Å². The molecule has 0 atom stereocenters. The number of aryl methyl sites for hydroxylation is 4. The van der Waals surface area contributed by atoms with E-state index in [0.29, 0.717) is 5.75 Å². The molecule has 0 aliphatic heterocycles. The second kappa shape index (κ2) is 7.51. The fourth-order valence-corrected chi connectivity index (χ4v) is 3.40. The monoisotopic (exact) mass is 331 g/mol. The van der Waals surface area contributed by atoms with E-state index in [1.54, 1.807) is 6.07 Å². The van der Waals surface area contributed by atoms with E-state index in [1.165, 1.54) is 23.7 Å². The largest absolute Gasteiger partial charge is 0.413 e. The maximum atomic E-state index is 11.3. The van der Waals surface area contributed by atoms with Gasteiger partial charge in [-0.1, -0.05) is 43.2 Å². The summed E-state index contributed by atoms with van der Waals surface area (Å²) in [4.78, 5) is 11.9. The van der Waals surface area contributed by atoms with Gasteiger partial charge in [-0.05, 0) is 38.3 Å². The Kier molecular flexibility index (Phi) is 5.66. The molecule has 0 aliphatic carbocycles. The maximum absolute atomic E-state index is 11.3. The molecule has 0 saturated heterocycles. The van der Waals surface area contributed by atoms with Crippen LogP contribution < -0.4 is 4.18 Å². The molecule has 0 N–H and O–H groups in total. The van der Waals surface area contributed by atoms with E-state index in [2.05, 4.69) is 19.1 Å². The van der Waals surface area contributed by atoms with E-state index in [4.69, 9.17) is 4.18 Å². The molecule has 0 amide bonds. The molecule has 0 bridgehead atoms. The van der Waals surface area contributed by atoms with Crippen LogP contribution in [0.15, 0.2) is 35.2 Å². The van der Waals surface area contributed by atoms with Crippen molar-refractivity contribution in [1.82, 2.24) is 0 Å². The average molecular weight is 331 g/mol. The standard InChI is InChI=1S/C18H21NO3S/c1-5-7-15-8-6-9-16(19(20)21)17(15)22-23-18-13(3)10-12(2)11-14(18)4/h6,8-11H,5,7H2,1-4H3. The van der Waals surface area contributed by atoms with Gasteiger partial charge >= 0.3 is 5.69 Å². The zero-order valence-corrected chi connectivity index (χ0v) is 14.7. The molecule has 2 rings (SSSR count). The highest BCUT2D eigenvalue weighted by molar-refractivity contribution is 7.95. The predicted octanol–water partition coefficient (Wildman–Crippen LogP) is 5.56. The van der Waals surface area contributed by atoms with Gasteiger partial charge in [0.25, 0.3) is 0 Å². The average Bonchev–Trinajstić information content (AvgIpc) is 2.47. The zero-order chi connectivity index (χ0) is 17.0. The molecule has 5 heteroatoms. The second-order valence-electron chi connectivity index (χ2n) is 5.67. The molecular formula is C18H21NO3S.